The van der Waals surface area contributed by atoms with E-state index in [4.69, 9.17) is 4.74 Å². The first-order valence-corrected chi connectivity index (χ1v) is 8.87. The standard InChI is InChI=1S/C21H29N3O/c1-4-12-25-16-20-11-6-5-10-19(20)15-24-21(22-3)23-14-18-9-7-8-17(2)13-18/h5-11,13H,4,12,14-16H2,1-3H3,(H2,22,23,24). The summed E-state index contributed by atoms with van der Waals surface area (Å²) in [6.45, 7) is 7.15. The molecule has 0 unspecified atom stereocenters. The van der Waals surface area contributed by atoms with Crippen molar-refractivity contribution in [2.24, 2.45) is 4.99 Å². The van der Waals surface area contributed by atoms with Gasteiger partial charge in [0.25, 0.3) is 0 Å². The van der Waals surface area contributed by atoms with Crippen LogP contribution in [0.5, 0.6) is 0 Å². The van der Waals surface area contributed by atoms with Crippen molar-refractivity contribution >= 4 is 5.96 Å². The van der Waals surface area contributed by atoms with Gasteiger partial charge in [-0.1, -0.05) is 61.0 Å². The molecule has 4 heteroatoms. The summed E-state index contributed by atoms with van der Waals surface area (Å²) >= 11 is 0. The van der Waals surface area contributed by atoms with Gasteiger partial charge in [-0.3, -0.25) is 4.99 Å². The third kappa shape index (κ3) is 6.59. The Morgan fingerprint density at radius 3 is 2.48 bits per heavy atom. The molecule has 0 amide bonds. The average molecular weight is 339 g/mol. The highest BCUT2D eigenvalue weighted by Gasteiger charge is 2.04. The lowest BCUT2D eigenvalue weighted by Crippen LogP contribution is -2.36. The van der Waals surface area contributed by atoms with Crippen molar-refractivity contribution in [3.05, 3.63) is 70.8 Å². The molecule has 4 nitrogen and oxygen atoms in total. The van der Waals surface area contributed by atoms with E-state index < -0.39 is 0 Å². The van der Waals surface area contributed by atoms with Gasteiger partial charge in [-0.25, -0.2) is 0 Å². The van der Waals surface area contributed by atoms with E-state index in [0.717, 1.165) is 32.1 Å². The molecular formula is C21H29N3O. The minimum Gasteiger partial charge on any atom is -0.377 e. The highest BCUT2D eigenvalue weighted by atomic mass is 16.5. The summed E-state index contributed by atoms with van der Waals surface area (Å²) in [6.07, 6.45) is 1.04. The number of guanidine groups is 1. The number of nitrogens with zero attached hydrogens (tertiary/aromatic N) is 1. The lowest BCUT2D eigenvalue weighted by atomic mass is 10.1. The van der Waals surface area contributed by atoms with Crippen LogP contribution in [-0.4, -0.2) is 19.6 Å². The first kappa shape index (κ1) is 19.0. The first-order chi connectivity index (χ1) is 12.2. The topological polar surface area (TPSA) is 45.6 Å². The molecule has 0 spiro atoms. The van der Waals surface area contributed by atoms with E-state index in [1.165, 1.54) is 22.3 Å². The van der Waals surface area contributed by atoms with Crippen molar-refractivity contribution in [1.29, 1.82) is 0 Å². The van der Waals surface area contributed by atoms with Gasteiger partial charge < -0.3 is 15.4 Å². The summed E-state index contributed by atoms with van der Waals surface area (Å²) in [5.74, 6) is 0.797. The molecule has 0 aromatic heterocycles. The molecule has 25 heavy (non-hydrogen) atoms. The van der Waals surface area contributed by atoms with Crippen molar-refractivity contribution in [3.63, 3.8) is 0 Å². The fourth-order valence-electron chi connectivity index (χ4n) is 2.60. The largest absolute Gasteiger partial charge is 0.377 e. The van der Waals surface area contributed by atoms with E-state index in [2.05, 4.69) is 78.0 Å². The minimum absolute atomic E-state index is 0.654. The summed E-state index contributed by atoms with van der Waals surface area (Å²) in [6, 6.07) is 16.8. The van der Waals surface area contributed by atoms with Crippen molar-refractivity contribution in [2.75, 3.05) is 13.7 Å². The average Bonchev–Trinajstić information content (AvgIpc) is 2.63. The van der Waals surface area contributed by atoms with Gasteiger partial charge in [0.1, 0.15) is 0 Å². The summed E-state index contributed by atoms with van der Waals surface area (Å²) in [4.78, 5) is 4.31. The number of nitrogens with one attached hydrogen (secondary N) is 2. The van der Waals surface area contributed by atoms with Gasteiger partial charge in [0.05, 0.1) is 6.61 Å². The smallest absolute Gasteiger partial charge is 0.191 e. The molecule has 0 heterocycles. The maximum absolute atomic E-state index is 5.69. The molecule has 0 saturated heterocycles. The molecule has 0 radical (unpaired) electrons. The van der Waals surface area contributed by atoms with E-state index in [1.54, 1.807) is 7.05 Å². The Kier molecular flexibility index (Phi) is 7.99. The molecule has 0 saturated carbocycles. The van der Waals surface area contributed by atoms with Crippen molar-refractivity contribution in [2.45, 2.75) is 40.0 Å². The Bertz CT molecular complexity index is 682. The zero-order valence-corrected chi connectivity index (χ0v) is 15.5. The molecule has 2 aromatic carbocycles. The molecule has 0 bridgehead atoms. The third-order valence-electron chi connectivity index (χ3n) is 3.94. The van der Waals surface area contributed by atoms with Gasteiger partial charge in [-0.05, 0) is 30.0 Å². The summed E-state index contributed by atoms with van der Waals surface area (Å²) < 4.78 is 5.69. The van der Waals surface area contributed by atoms with Gasteiger partial charge in [-0.2, -0.15) is 0 Å². The van der Waals surface area contributed by atoms with Crippen LogP contribution in [-0.2, 0) is 24.4 Å². The molecule has 0 fully saturated rings. The number of aryl methyl sites for hydroxylation is 1. The van der Waals surface area contributed by atoms with Crippen molar-refractivity contribution < 1.29 is 4.74 Å². The Morgan fingerprint density at radius 1 is 1.00 bits per heavy atom. The van der Waals surface area contributed by atoms with Gasteiger partial charge >= 0.3 is 0 Å². The van der Waals surface area contributed by atoms with Crippen LogP contribution in [0.15, 0.2) is 53.5 Å². The number of hydrogen-bond acceptors (Lipinski definition) is 2. The van der Waals surface area contributed by atoms with Crippen LogP contribution in [0.25, 0.3) is 0 Å². The normalized spacial score (nSPS) is 11.4. The van der Waals surface area contributed by atoms with Crippen LogP contribution in [0, 0.1) is 6.92 Å². The SMILES string of the molecule is CCCOCc1ccccc1CNC(=NC)NCc1cccc(C)c1. The van der Waals surface area contributed by atoms with Crippen LogP contribution in [0.1, 0.15) is 35.6 Å². The molecule has 0 aliphatic rings. The van der Waals surface area contributed by atoms with E-state index in [9.17, 15) is 0 Å². The van der Waals surface area contributed by atoms with Gasteiger partial charge in [0, 0.05) is 26.7 Å². The van der Waals surface area contributed by atoms with Crippen molar-refractivity contribution in [1.82, 2.24) is 10.6 Å². The first-order valence-electron chi connectivity index (χ1n) is 8.87. The molecule has 0 atom stereocenters. The second-order valence-electron chi connectivity index (χ2n) is 6.09. The minimum atomic E-state index is 0.654. The van der Waals surface area contributed by atoms with Crippen LogP contribution < -0.4 is 10.6 Å². The fraction of sp³-hybridized carbons (Fsp3) is 0.381. The molecule has 0 aliphatic heterocycles. The predicted octanol–water partition coefficient (Wildman–Crippen LogP) is 3.79. The Labute approximate surface area is 151 Å². The third-order valence-corrected chi connectivity index (χ3v) is 3.94. The summed E-state index contributed by atoms with van der Waals surface area (Å²) in [5, 5.41) is 6.75. The maximum atomic E-state index is 5.69. The summed E-state index contributed by atoms with van der Waals surface area (Å²) in [7, 11) is 1.79. The second-order valence-corrected chi connectivity index (χ2v) is 6.09. The van der Waals surface area contributed by atoms with Gasteiger partial charge in [0.2, 0.25) is 0 Å². The van der Waals surface area contributed by atoms with Crippen molar-refractivity contribution in [3.8, 4) is 0 Å². The highest BCUT2D eigenvalue weighted by Crippen LogP contribution is 2.10. The number of benzene rings is 2. The maximum Gasteiger partial charge on any atom is 0.191 e. The van der Waals surface area contributed by atoms with Crippen LogP contribution >= 0.6 is 0 Å². The van der Waals surface area contributed by atoms with Gasteiger partial charge in [0.15, 0.2) is 5.96 Å². The lowest BCUT2D eigenvalue weighted by molar-refractivity contribution is 0.121. The summed E-state index contributed by atoms with van der Waals surface area (Å²) in [5.41, 5.74) is 4.97. The number of ether oxygens (including phenoxy) is 1. The van der Waals surface area contributed by atoms with Crippen LogP contribution in [0.3, 0.4) is 0 Å². The Morgan fingerprint density at radius 2 is 1.76 bits per heavy atom. The zero-order valence-electron chi connectivity index (χ0n) is 15.5. The molecule has 0 aliphatic carbocycles. The molecule has 2 rings (SSSR count). The fourth-order valence-corrected chi connectivity index (χ4v) is 2.60. The van der Waals surface area contributed by atoms with E-state index in [1.807, 2.05) is 0 Å². The molecule has 2 N–H and O–H groups in total. The number of hydrogen-bond donors (Lipinski definition) is 2. The molecule has 134 valence electrons. The zero-order chi connectivity index (χ0) is 17.9. The van der Waals surface area contributed by atoms with E-state index in [-0.39, 0.29) is 0 Å². The Balaban J connectivity index is 1.88. The number of rotatable bonds is 8. The monoisotopic (exact) mass is 339 g/mol. The van der Waals surface area contributed by atoms with Gasteiger partial charge in [-0.15, -0.1) is 0 Å². The number of aliphatic imine (C=N–C) groups is 1. The van der Waals surface area contributed by atoms with E-state index in [0.29, 0.717) is 6.61 Å². The Hall–Kier alpha value is -2.33. The molecular weight excluding hydrogens is 310 g/mol. The van der Waals surface area contributed by atoms with Crippen LogP contribution in [0.4, 0.5) is 0 Å². The van der Waals surface area contributed by atoms with E-state index >= 15 is 0 Å². The molecule has 2 aromatic rings. The second kappa shape index (κ2) is 10.5. The predicted molar refractivity (Wildman–Crippen MR) is 105 cm³/mol. The van der Waals surface area contributed by atoms with Crippen LogP contribution in [0.2, 0.25) is 0 Å². The quantitative estimate of drug-likeness (QED) is 0.437. The lowest BCUT2D eigenvalue weighted by Gasteiger charge is -2.14. The highest BCUT2D eigenvalue weighted by molar-refractivity contribution is 5.79.